The lowest BCUT2D eigenvalue weighted by Crippen LogP contribution is -2.48. The minimum absolute atomic E-state index is 0.0687. The van der Waals surface area contributed by atoms with E-state index in [0.29, 0.717) is 5.13 Å². The normalized spacial score (nSPS) is 29.6. The van der Waals surface area contributed by atoms with Gasteiger partial charge in [-0.3, -0.25) is 20.2 Å². The number of nitro groups is 1. The van der Waals surface area contributed by atoms with Gasteiger partial charge in [-0.05, 0) is 62.3 Å². The molecule has 6 rings (SSSR count). The largest absolute Gasteiger partial charge is 0.477 e. The predicted molar refractivity (Wildman–Crippen MR) is 107 cm³/mol. The first kappa shape index (κ1) is 18.5. The second kappa shape index (κ2) is 7.05. The second-order valence-corrected chi connectivity index (χ2v) is 9.65. The van der Waals surface area contributed by atoms with E-state index in [1.165, 1.54) is 62.0 Å². The number of ether oxygens (including phenoxy) is 1. The molecule has 4 fully saturated rings. The van der Waals surface area contributed by atoms with Crippen molar-refractivity contribution >= 4 is 28.1 Å². The highest BCUT2D eigenvalue weighted by Gasteiger charge is 2.53. The molecule has 1 aromatic heterocycles. The summed E-state index contributed by atoms with van der Waals surface area (Å²) in [4.78, 5) is 22.8. The van der Waals surface area contributed by atoms with E-state index in [9.17, 15) is 14.9 Å². The highest BCUT2D eigenvalue weighted by molar-refractivity contribution is 7.15. The van der Waals surface area contributed by atoms with Crippen molar-refractivity contribution in [2.24, 2.45) is 17.8 Å². The maximum atomic E-state index is 12.3. The Hall–Kier alpha value is -2.55. The molecule has 2 aromatic rings. The SMILES string of the molecule is O=C(COc1ccccc1[N+](=O)[O-])Nc1nnc(C23CC4CC(CC(C4)C2)C3)s1. The Morgan fingerprint density at radius 3 is 2.48 bits per heavy atom. The van der Waals surface area contributed by atoms with Crippen LogP contribution in [-0.4, -0.2) is 27.6 Å². The molecule has 4 aliphatic carbocycles. The van der Waals surface area contributed by atoms with Gasteiger partial charge in [-0.1, -0.05) is 23.5 Å². The van der Waals surface area contributed by atoms with Gasteiger partial charge in [0, 0.05) is 11.5 Å². The van der Waals surface area contributed by atoms with Crippen LogP contribution in [0.25, 0.3) is 0 Å². The number of nitrogens with zero attached hydrogens (tertiary/aromatic N) is 3. The van der Waals surface area contributed by atoms with Crippen LogP contribution in [0.5, 0.6) is 5.75 Å². The van der Waals surface area contributed by atoms with Gasteiger partial charge in [-0.25, -0.2) is 0 Å². The number of nitro benzene ring substituents is 1. The van der Waals surface area contributed by atoms with E-state index in [-0.39, 0.29) is 23.5 Å². The summed E-state index contributed by atoms with van der Waals surface area (Å²) in [6.45, 7) is -0.322. The van der Waals surface area contributed by atoms with Gasteiger partial charge < -0.3 is 4.74 Å². The lowest BCUT2D eigenvalue weighted by atomic mass is 9.50. The molecule has 4 aliphatic rings. The van der Waals surface area contributed by atoms with E-state index in [0.717, 1.165) is 22.8 Å². The van der Waals surface area contributed by atoms with Gasteiger partial charge in [-0.15, -0.1) is 10.2 Å². The Kier molecular flexibility index (Phi) is 4.49. The third-order valence-electron chi connectivity index (χ3n) is 6.58. The van der Waals surface area contributed by atoms with Gasteiger partial charge in [0.2, 0.25) is 5.13 Å². The predicted octanol–water partition coefficient (Wildman–Crippen LogP) is 3.93. The summed E-state index contributed by atoms with van der Waals surface area (Å²) in [7, 11) is 0. The number of hydrogen-bond donors (Lipinski definition) is 1. The Morgan fingerprint density at radius 2 is 1.83 bits per heavy atom. The zero-order valence-electron chi connectivity index (χ0n) is 15.9. The molecule has 0 radical (unpaired) electrons. The molecule has 8 nitrogen and oxygen atoms in total. The fourth-order valence-electron chi connectivity index (χ4n) is 5.89. The van der Waals surface area contributed by atoms with E-state index in [2.05, 4.69) is 15.5 Å². The third kappa shape index (κ3) is 3.48. The molecule has 0 atom stereocenters. The van der Waals surface area contributed by atoms with Crippen molar-refractivity contribution < 1.29 is 14.5 Å². The molecule has 1 heterocycles. The first-order valence-corrected chi connectivity index (χ1v) is 10.8. The summed E-state index contributed by atoms with van der Waals surface area (Å²) in [6.07, 6.45) is 7.69. The topological polar surface area (TPSA) is 107 Å². The zero-order valence-corrected chi connectivity index (χ0v) is 16.7. The Bertz CT molecular complexity index is 924. The summed E-state index contributed by atoms with van der Waals surface area (Å²) >= 11 is 1.46. The summed E-state index contributed by atoms with van der Waals surface area (Å²) < 4.78 is 5.34. The van der Waals surface area contributed by atoms with Gasteiger partial charge in [0.25, 0.3) is 5.91 Å². The highest BCUT2D eigenvalue weighted by atomic mass is 32.1. The van der Waals surface area contributed by atoms with Gasteiger partial charge in [0.15, 0.2) is 12.4 Å². The second-order valence-electron chi connectivity index (χ2n) is 8.67. The van der Waals surface area contributed by atoms with Crippen molar-refractivity contribution in [2.45, 2.75) is 43.9 Å². The van der Waals surface area contributed by atoms with Crippen molar-refractivity contribution in [3.63, 3.8) is 0 Å². The molecule has 4 saturated carbocycles. The molecule has 0 saturated heterocycles. The van der Waals surface area contributed by atoms with E-state index >= 15 is 0 Å². The highest BCUT2D eigenvalue weighted by Crippen LogP contribution is 2.61. The molecule has 0 unspecified atom stereocenters. The molecule has 1 N–H and O–H groups in total. The van der Waals surface area contributed by atoms with Crippen LogP contribution in [0.15, 0.2) is 24.3 Å². The molecule has 9 heteroatoms. The summed E-state index contributed by atoms with van der Waals surface area (Å²) in [6, 6.07) is 6.00. The molecular weight excluding hydrogens is 392 g/mol. The van der Waals surface area contributed by atoms with E-state index in [4.69, 9.17) is 4.74 Å². The van der Waals surface area contributed by atoms with Gasteiger partial charge in [-0.2, -0.15) is 0 Å². The number of aromatic nitrogens is 2. The first-order valence-electron chi connectivity index (χ1n) is 10.0. The number of carbonyl (C=O) groups excluding carboxylic acids is 1. The van der Waals surface area contributed by atoms with Crippen LogP contribution < -0.4 is 10.1 Å². The van der Waals surface area contributed by atoms with Crippen LogP contribution in [0.1, 0.15) is 43.5 Å². The van der Waals surface area contributed by atoms with Gasteiger partial charge >= 0.3 is 5.69 Å². The average Bonchev–Trinajstić information content (AvgIpc) is 3.15. The quantitative estimate of drug-likeness (QED) is 0.567. The maximum absolute atomic E-state index is 12.3. The molecule has 0 aliphatic heterocycles. The lowest BCUT2D eigenvalue weighted by Gasteiger charge is -2.55. The van der Waals surface area contributed by atoms with Crippen LogP contribution in [-0.2, 0) is 10.2 Å². The van der Waals surface area contributed by atoms with Crippen LogP contribution in [0, 0.1) is 27.9 Å². The number of amides is 1. The third-order valence-corrected chi connectivity index (χ3v) is 7.67. The number of benzene rings is 1. The summed E-state index contributed by atoms with van der Waals surface area (Å²) in [5, 5.41) is 23.9. The lowest BCUT2D eigenvalue weighted by molar-refractivity contribution is -0.385. The summed E-state index contributed by atoms with van der Waals surface area (Å²) in [5.41, 5.74) is -0.0170. The molecule has 152 valence electrons. The molecule has 4 bridgehead atoms. The van der Waals surface area contributed by atoms with Gasteiger partial charge in [0.1, 0.15) is 5.01 Å². The van der Waals surface area contributed by atoms with Crippen molar-refractivity contribution in [3.8, 4) is 5.75 Å². The Morgan fingerprint density at radius 1 is 1.17 bits per heavy atom. The number of hydrogen-bond acceptors (Lipinski definition) is 7. The number of carbonyl (C=O) groups is 1. The van der Waals surface area contributed by atoms with Crippen LogP contribution in [0.3, 0.4) is 0 Å². The average molecular weight is 414 g/mol. The fourth-order valence-corrected chi connectivity index (χ4v) is 6.87. The van der Waals surface area contributed by atoms with Gasteiger partial charge in [0.05, 0.1) is 4.92 Å². The van der Waals surface area contributed by atoms with E-state index < -0.39 is 10.8 Å². The minimum atomic E-state index is -0.532. The van der Waals surface area contributed by atoms with Crippen LogP contribution in [0.4, 0.5) is 10.8 Å². The fraction of sp³-hybridized carbons (Fsp3) is 0.550. The molecule has 1 aromatic carbocycles. The van der Waals surface area contributed by atoms with Crippen molar-refractivity contribution in [2.75, 3.05) is 11.9 Å². The standard InChI is InChI=1S/C20H22N4O4S/c25-17(11-28-16-4-2-1-3-15(16)24(26)27)21-19-23-22-18(29-19)20-8-12-5-13(9-20)7-14(6-12)10-20/h1-4,12-14H,5-11H2,(H,21,23,25). The number of rotatable bonds is 6. The smallest absolute Gasteiger partial charge is 0.310 e. The first-order chi connectivity index (χ1) is 14.0. The molecule has 29 heavy (non-hydrogen) atoms. The number of anilines is 1. The monoisotopic (exact) mass is 414 g/mol. The summed E-state index contributed by atoms with van der Waals surface area (Å²) in [5.74, 6) is 2.12. The van der Waals surface area contributed by atoms with Crippen LogP contribution >= 0.6 is 11.3 Å². The number of para-hydroxylation sites is 2. The molecule has 0 spiro atoms. The molecule has 1 amide bonds. The van der Waals surface area contributed by atoms with E-state index in [1.807, 2.05) is 0 Å². The Balaban J connectivity index is 1.23. The van der Waals surface area contributed by atoms with Crippen LogP contribution in [0.2, 0.25) is 0 Å². The van der Waals surface area contributed by atoms with Crippen molar-refractivity contribution in [1.29, 1.82) is 0 Å². The maximum Gasteiger partial charge on any atom is 0.310 e. The zero-order chi connectivity index (χ0) is 20.0. The number of nitrogens with one attached hydrogen (secondary N) is 1. The molecular formula is C20H22N4O4S. The van der Waals surface area contributed by atoms with E-state index in [1.54, 1.807) is 12.1 Å². The van der Waals surface area contributed by atoms with Crippen molar-refractivity contribution in [1.82, 2.24) is 10.2 Å². The minimum Gasteiger partial charge on any atom is -0.477 e. The van der Waals surface area contributed by atoms with Crippen molar-refractivity contribution in [3.05, 3.63) is 39.4 Å². The Labute approximate surface area is 171 Å².